The number of urea groups is 1. The zero-order chi connectivity index (χ0) is 17.5. The van der Waals surface area contributed by atoms with Gasteiger partial charge in [0.1, 0.15) is 0 Å². The first-order valence-electron chi connectivity index (χ1n) is 8.36. The van der Waals surface area contributed by atoms with Gasteiger partial charge in [0.25, 0.3) is 0 Å². The normalized spacial score (nSPS) is 14.6. The van der Waals surface area contributed by atoms with E-state index in [0.717, 1.165) is 48.4 Å². The van der Waals surface area contributed by atoms with Crippen LogP contribution in [0.1, 0.15) is 4.88 Å². The average Bonchev–Trinajstić information content (AvgIpc) is 3.15. The molecule has 0 radical (unpaired) electrons. The van der Waals surface area contributed by atoms with Crippen molar-refractivity contribution in [1.29, 1.82) is 0 Å². The maximum absolute atomic E-state index is 12.3. The SMILES string of the molecule is O=C(NCCSCc1cccs1)N1CCN(c2cccc(Cl)c2)CC1. The summed E-state index contributed by atoms with van der Waals surface area (Å²) in [4.78, 5) is 17.8. The fourth-order valence-electron chi connectivity index (χ4n) is 2.75. The number of nitrogens with zero attached hydrogens (tertiary/aromatic N) is 2. The Morgan fingerprint density at radius 1 is 1.20 bits per heavy atom. The van der Waals surface area contributed by atoms with Crippen molar-refractivity contribution in [3.05, 3.63) is 51.7 Å². The number of carbonyl (C=O) groups is 1. The Balaban J connectivity index is 1.34. The highest BCUT2D eigenvalue weighted by Crippen LogP contribution is 2.21. The molecule has 1 aromatic carbocycles. The van der Waals surface area contributed by atoms with Crippen molar-refractivity contribution >= 4 is 46.4 Å². The van der Waals surface area contributed by atoms with Gasteiger partial charge < -0.3 is 15.1 Å². The van der Waals surface area contributed by atoms with Crippen molar-refractivity contribution in [1.82, 2.24) is 10.2 Å². The lowest BCUT2D eigenvalue weighted by molar-refractivity contribution is 0.195. The van der Waals surface area contributed by atoms with Crippen LogP contribution in [0.3, 0.4) is 0 Å². The van der Waals surface area contributed by atoms with Gasteiger partial charge in [-0.05, 0) is 29.6 Å². The average molecular weight is 396 g/mol. The van der Waals surface area contributed by atoms with Crippen LogP contribution in [0.4, 0.5) is 10.5 Å². The van der Waals surface area contributed by atoms with Crippen LogP contribution in [0.15, 0.2) is 41.8 Å². The zero-order valence-corrected chi connectivity index (χ0v) is 16.4. The molecule has 0 aliphatic carbocycles. The number of hydrogen-bond donors (Lipinski definition) is 1. The third kappa shape index (κ3) is 5.56. The van der Waals surface area contributed by atoms with E-state index < -0.39 is 0 Å². The van der Waals surface area contributed by atoms with Gasteiger partial charge in [-0.25, -0.2) is 4.79 Å². The zero-order valence-electron chi connectivity index (χ0n) is 14.0. The first-order valence-corrected chi connectivity index (χ1v) is 10.8. The van der Waals surface area contributed by atoms with E-state index in [9.17, 15) is 4.79 Å². The third-order valence-corrected chi connectivity index (χ3v) is 6.39. The van der Waals surface area contributed by atoms with Gasteiger partial charge in [-0.15, -0.1) is 11.3 Å². The smallest absolute Gasteiger partial charge is 0.317 e. The number of nitrogens with one attached hydrogen (secondary N) is 1. The molecule has 0 atom stereocenters. The Hall–Kier alpha value is -1.37. The Morgan fingerprint density at radius 3 is 2.76 bits per heavy atom. The molecule has 1 fully saturated rings. The molecule has 0 bridgehead atoms. The summed E-state index contributed by atoms with van der Waals surface area (Å²) in [5, 5.41) is 5.87. The largest absolute Gasteiger partial charge is 0.368 e. The van der Waals surface area contributed by atoms with Crippen LogP contribution in [0.2, 0.25) is 5.02 Å². The molecule has 0 spiro atoms. The Kier molecular flexibility index (Phi) is 6.90. The predicted octanol–water partition coefficient (Wildman–Crippen LogP) is 4.17. The molecule has 7 heteroatoms. The Morgan fingerprint density at radius 2 is 2.04 bits per heavy atom. The van der Waals surface area contributed by atoms with Crippen molar-refractivity contribution in [2.45, 2.75) is 5.75 Å². The molecule has 2 aromatic rings. The Labute approximate surface area is 162 Å². The highest BCUT2D eigenvalue weighted by atomic mass is 35.5. The molecule has 1 aromatic heterocycles. The van der Waals surface area contributed by atoms with E-state index in [-0.39, 0.29) is 6.03 Å². The molecule has 2 amide bonds. The molecule has 2 heterocycles. The first kappa shape index (κ1) is 18.4. The maximum atomic E-state index is 12.3. The van der Waals surface area contributed by atoms with E-state index >= 15 is 0 Å². The van der Waals surface area contributed by atoms with Gasteiger partial charge >= 0.3 is 6.03 Å². The molecule has 1 N–H and O–H groups in total. The molecule has 134 valence electrons. The second-order valence-electron chi connectivity index (χ2n) is 5.82. The first-order chi connectivity index (χ1) is 12.2. The van der Waals surface area contributed by atoms with Gasteiger partial charge in [0.05, 0.1) is 0 Å². The third-order valence-electron chi connectivity index (χ3n) is 4.09. The lowest BCUT2D eigenvalue weighted by Crippen LogP contribution is -2.52. The summed E-state index contributed by atoms with van der Waals surface area (Å²) in [6, 6.07) is 12.1. The Bertz CT molecular complexity index is 673. The summed E-state index contributed by atoms with van der Waals surface area (Å²) < 4.78 is 0. The number of thioether (sulfide) groups is 1. The number of benzene rings is 1. The summed E-state index contributed by atoms with van der Waals surface area (Å²) in [5.74, 6) is 1.96. The summed E-state index contributed by atoms with van der Waals surface area (Å²) in [7, 11) is 0. The number of hydrogen-bond acceptors (Lipinski definition) is 4. The number of piperazine rings is 1. The van der Waals surface area contributed by atoms with Crippen molar-refractivity contribution in [3.63, 3.8) is 0 Å². The summed E-state index contributed by atoms with van der Waals surface area (Å²) in [6.07, 6.45) is 0. The second-order valence-corrected chi connectivity index (χ2v) is 8.39. The van der Waals surface area contributed by atoms with Crippen molar-refractivity contribution in [3.8, 4) is 0 Å². The molecule has 0 saturated carbocycles. The highest BCUT2D eigenvalue weighted by molar-refractivity contribution is 7.98. The van der Waals surface area contributed by atoms with Gasteiger partial charge in [-0.1, -0.05) is 23.7 Å². The molecule has 25 heavy (non-hydrogen) atoms. The van der Waals surface area contributed by atoms with Crippen molar-refractivity contribution in [2.24, 2.45) is 0 Å². The predicted molar refractivity (Wildman–Crippen MR) is 109 cm³/mol. The molecule has 1 aliphatic rings. The van der Waals surface area contributed by atoms with E-state index in [1.807, 2.05) is 34.9 Å². The number of thiophene rings is 1. The van der Waals surface area contributed by atoms with Crippen molar-refractivity contribution < 1.29 is 4.79 Å². The number of halogens is 1. The van der Waals surface area contributed by atoms with Gasteiger partial charge in [0.2, 0.25) is 0 Å². The minimum Gasteiger partial charge on any atom is -0.368 e. The van der Waals surface area contributed by atoms with E-state index in [4.69, 9.17) is 11.6 Å². The van der Waals surface area contributed by atoms with Gasteiger partial charge in [-0.2, -0.15) is 11.8 Å². The van der Waals surface area contributed by atoms with Crippen LogP contribution in [0, 0.1) is 0 Å². The minimum absolute atomic E-state index is 0.0440. The minimum atomic E-state index is 0.0440. The number of rotatable bonds is 6. The lowest BCUT2D eigenvalue weighted by atomic mass is 10.2. The number of amides is 2. The fourth-order valence-corrected chi connectivity index (χ4v) is 4.63. The highest BCUT2D eigenvalue weighted by Gasteiger charge is 2.21. The standard InChI is InChI=1S/C18H22ClN3OS2/c19-15-3-1-4-16(13-15)21-7-9-22(10-8-21)18(23)20-6-12-24-14-17-5-2-11-25-17/h1-5,11,13H,6-10,12,14H2,(H,20,23). The molecule has 1 saturated heterocycles. The molecular formula is C18H22ClN3OS2. The molecule has 4 nitrogen and oxygen atoms in total. The van der Waals surface area contributed by atoms with E-state index in [2.05, 4.69) is 33.8 Å². The van der Waals surface area contributed by atoms with Crippen LogP contribution < -0.4 is 10.2 Å². The topological polar surface area (TPSA) is 35.6 Å². The van der Waals surface area contributed by atoms with Gasteiger partial charge in [0, 0.05) is 59.8 Å². The van der Waals surface area contributed by atoms with Crippen LogP contribution in [-0.2, 0) is 5.75 Å². The van der Waals surface area contributed by atoms with E-state index in [0.29, 0.717) is 6.54 Å². The molecule has 3 rings (SSSR count). The van der Waals surface area contributed by atoms with Crippen LogP contribution in [0.5, 0.6) is 0 Å². The molecule has 0 unspecified atom stereocenters. The van der Waals surface area contributed by atoms with Crippen LogP contribution in [-0.4, -0.2) is 49.4 Å². The summed E-state index contributed by atoms with van der Waals surface area (Å²) in [6.45, 7) is 3.85. The summed E-state index contributed by atoms with van der Waals surface area (Å²) >= 11 is 9.69. The number of anilines is 1. The monoisotopic (exact) mass is 395 g/mol. The molecular weight excluding hydrogens is 374 g/mol. The maximum Gasteiger partial charge on any atom is 0.317 e. The van der Waals surface area contributed by atoms with E-state index in [1.165, 1.54) is 4.88 Å². The quantitative estimate of drug-likeness (QED) is 0.745. The number of carbonyl (C=O) groups excluding carboxylic acids is 1. The van der Waals surface area contributed by atoms with Crippen LogP contribution >= 0.6 is 34.7 Å². The van der Waals surface area contributed by atoms with E-state index in [1.54, 1.807) is 11.3 Å². The van der Waals surface area contributed by atoms with Gasteiger partial charge in [0.15, 0.2) is 0 Å². The lowest BCUT2D eigenvalue weighted by Gasteiger charge is -2.36. The van der Waals surface area contributed by atoms with Gasteiger partial charge in [-0.3, -0.25) is 0 Å². The summed E-state index contributed by atoms with van der Waals surface area (Å²) in [5.41, 5.74) is 1.12. The second kappa shape index (κ2) is 9.36. The molecule has 1 aliphatic heterocycles. The van der Waals surface area contributed by atoms with Crippen molar-refractivity contribution in [2.75, 3.05) is 43.4 Å². The fraction of sp³-hybridized carbons (Fsp3) is 0.389. The van der Waals surface area contributed by atoms with Crippen LogP contribution in [0.25, 0.3) is 0 Å².